The molecule has 0 aromatic carbocycles. The Hall–Kier alpha value is -1.52. The van der Waals surface area contributed by atoms with Crippen molar-refractivity contribution in [2.75, 3.05) is 32.8 Å². The molecule has 2 aromatic heterocycles. The van der Waals surface area contributed by atoms with E-state index in [2.05, 4.69) is 28.1 Å². The number of aromatic nitrogens is 2. The van der Waals surface area contributed by atoms with E-state index in [1.54, 1.807) is 0 Å². The van der Waals surface area contributed by atoms with E-state index >= 15 is 0 Å². The van der Waals surface area contributed by atoms with Crippen LogP contribution in [0, 0.1) is 5.92 Å². The fraction of sp³-hybridized carbons (Fsp3) is 0.636. The first kappa shape index (κ1) is 16.6. The van der Waals surface area contributed by atoms with Gasteiger partial charge in [0.25, 0.3) is 0 Å². The van der Waals surface area contributed by atoms with Gasteiger partial charge in [0, 0.05) is 43.0 Å². The second kappa shape index (κ2) is 7.24. The van der Waals surface area contributed by atoms with E-state index in [1.807, 2.05) is 6.20 Å². The molecule has 26 heavy (non-hydrogen) atoms. The van der Waals surface area contributed by atoms with Crippen molar-refractivity contribution in [1.29, 1.82) is 0 Å². The number of ether oxygens (including phenoxy) is 1. The van der Waals surface area contributed by atoms with Crippen LogP contribution in [-0.2, 0) is 4.74 Å². The third kappa shape index (κ3) is 3.63. The van der Waals surface area contributed by atoms with Crippen LogP contribution in [-0.4, -0.2) is 47.7 Å². The van der Waals surface area contributed by atoms with Gasteiger partial charge in [0.2, 0.25) is 0 Å². The standard InChI is InChI=1S/C22H29N3O/c1-2-17(1)20-13-19-3-4-21(24-22(19)23-14-20)18-5-9-25(10-6-18)15-16-7-11-26-12-8-16/h3-4,13-14,16-18H,1-2,5-12,15H2. The minimum absolute atomic E-state index is 0.593. The van der Waals surface area contributed by atoms with E-state index in [9.17, 15) is 0 Å². The zero-order chi connectivity index (χ0) is 17.3. The number of fused-ring (bicyclic) bond motifs is 1. The largest absolute Gasteiger partial charge is 0.381 e. The average Bonchev–Trinajstić information content (AvgIpc) is 3.54. The molecule has 5 rings (SSSR count). The summed E-state index contributed by atoms with van der Waals surface area (Å²) in [4.78, 5) is 12.2. The van der Waals surface area contributed by atoms with Crippen molar-refractivity contribution in [2.24, 2.45) is 5.92 Å². The normalized spacial score (nSPS) is 23.5. The van der Waals surface area contributed by atoms with Crippen LogP contribution in [0.3, 0.4) is 0 Å². The van der Waals surface area contributed by atoms with E-state index in [1.165, 1.54) is 74.8 Å². The molecule has 4 heteroatoms. The first-order valence-corrected chi connectivity index (χ1v) is 10.4. The molecule has 3 aliphatic rings. The Bertz CT molecular complexity index is 759. The van der Waals surface area contributed by atoms with Crippen LogP contribution in [0.4, 0.5) is 0 Å². The van der Waals surface area contributed by atoms with E-state index in [-0.39, 0.29) is 0 Å². The summed E-state index contributed by atoms with van der Waals surface area (Å²) in [6.45, 7) is 5.58. The molecule has 2 saturated heterocycles. The number of likely N-dealkylation sites (tertiary alicyclic amines) is 1. The smallest absolute Gasteiger partial charge is 0.159 e. The third-order valence-corrected chi connectivity index (χ3v) is 6.50. The Balaban J connectivity index is 1.22. The van der Waals surface area contributed by atoms with Crippen molar-refractivity contribution in [2.45, 2.75) is 50.4 Å². The van der Waals surface area contributed by atoms with Gasteiger partial charge in [-0.1, -0.05) is 0 Å². The highest BCUT2D eigenvalue weighted by molar-refractivity contribution is 5.75. The molecular formula is C22H29N3O. The first-order valence-electron chi connectivity index (χ1n) is 10.4. The molecule has 3 fully saturated rings. The van der Waals surface area contributed by atoms with Crippen molar-refractivity contribution < 1.29 is 4.74 Å². The molecule has 0 spiro atoms. The Morgan fingerprint density at radius 1 is 0.962 bits per heavy atom. The molecule has 2 aromatic rings. The molecule has 138 valence electrons. The van der Waals surface area contributed by atoms with Gasteiger partial charge in [0.05, 0.1) is 0 Å². The predicted molar refractivity (Wildman–Crippen MR) is 103 cm³/mol. The van der Waals surface area contributed by atoms with Gasteiger partial charge < -0.3 is 9.64 Å². The summed E-state index contributed by atoms with van der Waals surface area (Å²) in [6, 6.07) is 6.79. The van der Waals surface area contributed by atoms with Crippen LogP contribution in [0.15, 0.2) is 24.4 Å². The maximum Gasteiger partial charge on any atom is 0.159 e. The Morgan fingerprint density at radius 3 is 2.54 bits per heavy atom. The molecule has 2 aliphatic heterocycles. The fourth-order valence-corrected chi connectivity index (χ4v) is 4.62. The lowest BCUT2D eigenvalue weighted by molar-refractivity contribution is 0.0487. The minimum atomic E-state index is 0.593. The van der Waals surface area contributed by atoms with E-state index in [0.29, 0.717) is 5.92 Å². The SMILES string of the molecule is c1nc2nc(C3CCN(CC4CCOCC4)CC3)ccc2cc1C1CC1. The molecule has 0 atom stereocenters. The maximum absolute atomic E-state index is 5.49. The highest BCUT2D eigenvalue weighted by Crippen LogP contribution is 2.40. The summed E-state index contributed by atoms with van der Waals surface area (Å²) >= 11 is 0. The van der Waals surface area contributed by atoms with Gasteiger partial charge >= 0.3 is 0 Å². The predicted octanol–water partition coefficient (Wildman–Crippen LogP) is 4.11. The molecular weight excluding hydrogens is 322 g/mol. The van der Waals surface area contributed by atoms with Crippen LogP contribution in [0.2, 0.25) is 0 Å². The van der Waals surface area contributed by atoms with Crippen LogP contribution >= 0.6 is 0 Å². The Morgan fingerprint density at radius 2 is 1.77 bits per heavy atom. The lowest BCUT2D eigenvalue weighted by atomic mass is 9.91. The number of hydrogen-bond donors (Lipinski definition) is 0. The number of rotatable bonds is 4. The van der Waals surface area contributed by atoms with E-state index in [0.717, 1.165) is 30.7 Å². The highest BCUT2D eigenvalue weighted by Gasteiger charge is 2.26. The topological polar surface area (TPSA) is 38.2 Å². The summed E-state index contributed by atoms with van der Waals surface area (Å²) in [5, 5.41) is 1.20. The van der Waals surface area contributed by atoms with Gasteiger partial charge in [-0.05, 0) is 87.2 Å². The van der Waals surface area contributed by atoms with Crippen LogP contribution < -0.4 is 0 Å². The molecule has 1 aliphatic carbocycles. The van der Waals surface area contributed by atoms with Crippen molar-refractivity contribution in [3.05, 3.63) is 35.7 Å². The summed E-state index contributed by atoms with van der Waals surface area (Å²) in [6.07, 6.45) is 9.62. The summed E-state index contributed by atoms with van der Waals surface area (Å²) in [5.74, 6) is 2.19. The molecule has 0 amide bonds. The number of pyridine rings is 2. The van der Waals surface area contributed by atoms with Crippen molar-refractivity contribution in [3.8, 4) is 0 Å². The summed E-state index contributed by atoms with van der Waals surface area (Å²) in [5.41, 5.74) is 3.57. The van der Waals surface area contributed by atoms with Crippen LogP contribution in [0.25, 0.3) is 11.0 Å². The quantitative estimate of drug-likeness (QED) is 0.831. The highest BCUT2D eigenvalue weighted by atomic mass is 16.5. The Kier molecular flexibility index (Phi) is 4.63. The van der Waals surface area contributed by atoms with Crippen LogP contribution in [0.5, 0.6) is 0 Å². The van der Waals surface area contributed by atoms with Crippen LogP contribution in [0.1, 0.15) is 61.6 Å². The first-order chi connectivity index (χ1) is 12.8. The monoisotopic (exact) mass is 351 g/mol. The zero-order valence-corrected chi connectivity index (χ0v) is 15.6. The second-order valence-corrected chi connectivity index (χ2v) is 8.46. The van der Waals surface area contributed by atoms with Gasteiger partial charge in [0.1, 0.15) is 0 Å². The van der Waals surface area contributed by atoms with Gasteiger partial charge in [-0.15, -0.1) is 0 Å². The molecule has 0 N–H and O–H groups in total. The van der Waals surface area contributed by atoms with Crippen molar-refractivity contribution >= 4 is 11.0 Å². The lowest BCUT2D eigenvalue weighted by Crippen LogP contribution is -2.38. The van der Waals surface area contributed by atoms with Gasteiger partial charge in [-0.2, -0.15) is 0 Å². The number of hydrogen-bond acceptors (Lipinski definition) is 4. The number of piperidine rings is 1. The maximum atomic E-state index is 5.49. The lowest BCUT2D eigenvalue weighted by Gasteiger charge is -2.35. The van der Waals surface area contributed by atoms with Gasteiger partial charge in [-0.3, -0.25) is 0 Å². The van der Waals surface area contributed by atoms with Crippen molar-refractivity contribution in [1.82, 2.24) is 14.9 Å². The molecule has 1 saturated carbocycles. The molecule has 4 nitrogen and oxygen atoms in total. The van der Waals surface area contributed by atoms with Crippen molar-refractivity contribution in [3.63, 3.8) is 0 Å². The zero-order valence-electron chi connectivity index (χ0n) is 15.6. The van der Waals surface area contributed by atoms with Gasteiger partial charge in [-0.25, -0.2) is 9.97 Å². The minimum Gasteiger partial charge on any atom is -0.381 e. The summed E-state index contributed by atoms with van der Waals surface area (Å²) < 4.78 is 5.49. The third-order valence-electron chi connectivity index (χ3n) is 6.50. The molecule has 0 bridgehead atoms. The van der Waals surface area contributed by atoms with E-state index < -0.39 is 0 Å². The fourth-order valence-electron chi connectivity index (χ4n) is 4.62. The average molecular weight is 351 g/mol. The Labute approximate surface area is 156 Å². The molecule has 0 unspecified atom stereocenters. The summed E-state index contributed by atoms with van der Waals surface area (Å²) in [7, 11) is 0. The number of nitrogens with zero attached hydrogens (tertiary/aromatic N) is 3. The molecule has 0 radical (unpaired) electrons. The van der Waals surface area contributed by atoms with E-state index in [4.69, 9.17) is 9.72 Å². The van der Waals surface area contributed by atoms with Gasteiger partial charge in [0.15, 0.2) is 5.65 Å². The second-order valence-electron chi connectivity index (χ2n) is 8.46. The molecule has 4 heterocycles.